The summed E-state index contributed by atoms with van der Waals surface area (Å²) in [5.74, 6) is 0. The van der Waals surface area contributed by atoms with E-state index >= 15 is 0 Å². The van der Waals surface area contributed by atoms with Crippen molar-refractivity contribution in [2.24, 2.45) is 0 Å². The Balaban J connectivity index is 0.883. The first-order valence-electron chi connectivity index (χ1n) is 25.6. The van der Waals surface area contributed by atoms with Crippen molar-refractivity contribution in [2.45, 2.75) is 0 Å². The van der Waals surface area contributed by atoms with Gasteiger partial charge in [0.2, 0.25) is 10.9 Å². The van der Waals surface area contributed by atoms with Gasteiger partial charge in [-0.1, -0.05) is 206 Å². The van der Waals surface area contributed by atoms with Gasteiger partial charge in [0.15, 0.2) is 5.58 Å². The summed E-state index contributed by atoms with van der Waals surface area (Å²) >= 11 is 0. The lowest BCUT2D eigenvalue weighted by Crippen LogP contribution is -2.07. The van der Waals surface area contributed by atoms with E-state index < -0.39 is 0 Å². The Labute approximate surface area is 435 Å². The van der Waals surface area contributed by atoms with Gasteiger partial charge in [-0.15, -0.1) is 0 Å². The van der Waals surface area contributed by atoms with Crippen LogP contribution in [0.4, 0.5) is 0 Å². The van der Waals surface area contributed by atoms with Crippen LogP contribution in [0.3, 0.4) is 0 Å². The number of fused-ring (bicyclic) bond motifs is 9. The zero-order valence-corrected chi connectivity index (χ0v) is 40.9. The molecule has 4 nitrogen and oxygen atoms in total. The molecular formula is C72H42O4. The molecule has 2 heterocycles. The van der Waals surface area contributed by atoms with Crippen molar-refractivity contribution in [2.75, 3.05) is 0 Å². The minimum absolute atomic E-state index is 0.209. The van der Waals surface area contributed by atoms with Gasteiger partial charge in [-0.25, -0.2) is 0 Å². The van der Waals surface area contributed by atoms with Gasteiger partial charge in [0.1, 0.15) is 22.1 Å². The van der Waals surface area contributed by atoms with Gasteiger partial charge in [-0.3, -0.25) is 9.59 Å². The van der Waals surface area contributed by atoms with E-state index in [4.69, 9.17) is 8.83 Å². The highest BCUT2D eigenvalue weighted by Crippen LogP contribution is 2.47. The fraction of sp³-hybridized carbons (Fsp3) is 0. The van der Waals surface area contributed by atoms with Crippen molar-refractivity contribution in [1.29, 1.82) is 0 Å². The fourth-order valence-corrected chi connectivity index (χ4v) is 12.0. The minimum atomic E-state index is -0.265. The third-order valence-electron chi connectivity index (χ3n) is 15.4. The normalized spacial score (nSPS) is 11.8. The topological polar surface area (TPSA) is 60.4 Å². The molecule has 0 aliphatic heterocycles. The molecule has 0 bridgehead atoms. The van der Waals surface area contributed by atoms with Crippen LogP contribution in [-0.4, -0.2) is 0 Å². The lowest BCUT2D eigenvalue weighted by molar-refractivity contribution is 0.649. The van der Waals surface area contributed by atoms with E-state index in [1.807, 2.05) is 48.5 Å². The summed E-state index contributed by atoms with van der Waals surface area (Å²) in [7, 11) is 0. The summed E-state index contributed by atoms with van der Waals surface area (Å²) in [6.07, 6.45) is 0. The van der Waals surface area contributed by atoms with Crippen molar-refractivity contribution in [3.05, 3.63) is 275 Å². The third-order valence-corrected chi connectivity index (χ3v) is 15.4. The highest BCUT2D eigenvalue weighted by molar-refractivity contribution is 6.23. The predicted molar refractivity (Wildman–Crippen MR) is 316 cm³/mol. The lowest BCUT2D eigenvalue weighted by Gasteiger charge is -2.18. The van der Waals surface area contributed by atoms with E-state index in [0.29, 0.717) is 32.9 Å². The van der Waals surface area contributed by atoms with Crippen molar-refractivity contribution in [1.82, 2.24) is 0 Å². The maximum absolute atomic E-state index is 15.0. The van der Waals surface area contributed by atoms with Crippen LogP contribution in [0, 0.1) is 0 Å². The summed E-state index contributed by atoms with van der Waals surface area (Å²) in [5.41, 5.74) is 13.8. The molecule has 0 radical (unpaired) electrons. The minimum Gasteiger partial charge on any atom is -0.456 e. The maximum Gasteiger partial charge on any atom is 0.204 e. The Morgan fingerprint density at radius 2 is 0.513 bits per heavy atom. The van der Waals surface area contributed by atoms with Crippen LogP contribution in [0.2, 0.25) is 0 Å². The van der Waals surface area contributed by atoms with E-state index in [1.54, 1.807) is 12.1 Å². The molecule has 354 valence electrons. The van der Waals surface area contributed by atoms with Crippen LogP contribution in [-0.2, 0) is 0 Å². The van der Waals surface area contributed by atoms with Crippen LogP contribution >= 0.6 is 0 Å². The molecule has 0 amide bonds. The molecule has 0 spiro atoms. The average Bonchev–Trinajstić information content (AvgIpc) is 3.56. The van der Waals surface area contributed by atoms with E-state index in [-0.39, 0.29) is 21.8 Å². The molecule has 2 aromatic heterocycles. The number of rotatable bonds is 6. The van der Waals surface area contributed by atoms with Crippen molar-refractivity contribution in [3.8, 4) is 66.8 Å². The molecule has 0 aliphatic rings. The number of hydrogen-bond acceptors (Lipinski definition) is 4. The zero-order chi connectivity index (χ0) is 50.4. The first-order chi connectivity index (χ1) is 37.5. The second kappa shape index (κ2) is 17.2. The molecule has 0 N–H and O–H groups in total. The zero-order valence-electron chi connectivity index (χ0n) is 40.9. The highest BCUT2D eigenvalue weighted by atomic mass is 16.3. The van der Waals surface area contributed by atoms with E-state index in [1.165, 1.54) is 27.3 Å². The standard InChI is InChI=1S/C72H42O4/c73-70-57-35-38-64-69(71(74)61-42-50(31-36-62(61)75-64)48-30-34-56-59(40-48)68(46-23-11-4-12-24-46)54-28-16-14-26-52(54)66(56)44-19-7-2-8-20-44)72(57)76-63-37-32-49(41-60(63)70)47-29-33-55-58(39-47)67(45-21-9-3-10-22-45)53-27-15-13-25-51(53)65(55)43-17-5-1-6-18-43/h1-42H. The largest absolute Gasteiger partial charge is 0.456 e. The monoisotopic (exact) mass is 970 g/mol. The van der Waals surface area contributed by atoms with Gasteiger partial charge >= 0.3 is 0 Å². The molecule has 0 saturated heterocycles. The van der Waals surface area contributed by atoms with Crippen LogP contribution in [0.5, 0.6) is 0 Å². The SMILES string of the molecule is O=c1c2cc(-c3ccc4c(-c5ccccc5)c5ccccc5c(-c5ccccc5)c4c3)ccc2oc2c1ccc1oc3ccc(-c4ccc5c(-c6ccccc6)c6ccccc6c(-c6ccccc6)c5c4)cc3c(=O)c12. The van der Waals surface area contributed by atoms with Gasteiger partial charge < -0.3 is 8.83 Å². The molecule has 0 aliphatic carbocycles. The van der Waals surface area contributed by atoms with Crippen molar-refractivity contribution in [3.63, 3.8) is 0 Å². The number of hydrogen-bond donors (Lipinski definition) is 0. The number of benzene rings is 13. The predicted octanol–water partition coefficient (Wildman–Crippen LogP) is 18.8. The highest BCUT2D eigenvalue weighted by Gasteiger charge is 2.22. The second-order valence-electron chi connectivity index (χ2n) is 19.7. The van der Waals surface area contributed by atoms with Crippen LogP contribution in [0.15, 0.2) is 273 Å². The molecule has 0 fully saturated rings. The smallest absolute Gasteiger partial charge is 0.204 e. The van der Waals surface area contributed by atoms with Crippen LogP contribution in [0.1, 0.15) is 0 Å². The molecule has 13 aromatic carbocycles. The Hall–Kier alpha value is -10.2. The van der Waals surface area contributed by atoms with Crippen molar-refractivity contribution < 1.29 is 8.83 Å². The molecule has 15 aromatic rings. The quantitative estimate of drug-likeness (QED) is 0.123. The molecular weight excluding hydrogens is 929 g/mol. The first-order valence-corrected chi connectivity index (χ1v) is 25.6. The molecule has 0 atom stereocenters. The Morgan fingerprint density at radius 1 is 0.211 bits per heavy atom. The van der Waals surface area contributed by atoms with Gasteiger partial charge in [0.05, 0.1) is 16.2 Å². The Kier molecular flexibility index (Phi) is 9.85. The van der Waals surface area contributed by atoms with Crippen molar-refractivity contribution >= 4 is 87.0 Å². The summed E-state index contributed by atoms with van der Waals surface area (Å²) in [5, 5.41) is 10.6. The van der Waals surface area contributed by atoms with Crippen LogP contribution < -0.4 is 10.9 Å². The Bertz CT molecular complexity index is 5000. The molecule has 76 heavy (non-hydrogen) atoms. The molecule has 15 rings (SSSR count). The van der Waals surface area contributed by atoms with E-state index in [2.05, 4.69) is 194 Å². The molecule has 0 unspecified atom stereocenters. The summed E-state index contributed by atoms with van der Waals surface area (Å²) in [6, 6.07) is 87.7. The van der Waals surface area contributed by atoms with Crippen LogP contribution in [0.25, 0.3) is 154 Å². The van der Waals surface area contributed by atoms with Gasteiger partial charge in [-0.2, -0.15) is 0 Å². The lowest BCUT2D eigenvalue weighted by atomic mass is 9.85. The second-order valence-corrected chi connectivity index (χ2v) is 19.7. The van der Waals surface area contributed by atoms with Gasteiger partial charge in [0.25, 0.3) is 0 Å². The fourth-order valence-electron chi connectivity index (χ4n) is 12.0. The summed E-state index contributed by atoms with van der Waals surface area (Å²) in [4.78, 5) is 29.8. The summed E-state index contributed by atoms with van der Waals surface area (Å²) < 4.78 is 13.2. The van der Waals surface area contributed by atoms with E-state index in [0.717, 1.165) is 82.6 Å². The van der Waals surface area contributed by atoms with Gasteiger partial charge in [0, 0.05) is 0 Å². The van der Waals surface area contributed by atoms with Gasteiger partial charge in [-0.05, 0) is 158 Å². The summed E-state index contributed by atoms with van der Waals surface area (Å²) in [6.45, 7) is 0. The average molecular weight is 971 g/mol. The maximum atomic E-state index is 15.0. The molecule has 4 heteroatoms. The third kappa shape index (κ3) is 6.78. The van der Waals surface area contributed by atoms with E-state index in [9.17, 15) is 9.59 Å². The molecule has 0 saturated carbocycles. The first kappa shape index (κ1) is 43.4. The Morgan fingerprint density at radius 3 is 0.934 bits per heavy atom.